The third-order valence-electron chi connectivity index (χ3n) is 2.47. The molecule has 1 heterocycles. The van der Waals surface area contributed by atoms with Gasteiger partial charge in [0.15, 0.2) is 17.3 Å². The molecule has 6 heteroatoms. The van der Waals surface area contributed by atoms with Crippen LogP contribution < -0.4 is 15.8 Å². The maximum atomic E-state index is 9.78. The number of hydrogen-bond acceptors (Lipinski definition) is 6. The fourth-order valence-corrected chi connectivity index (χ4v) is 1.62. The minimum absolute atomic E-state index is 0.0361. The number of nitrogens with zero attached hydrogens (tertiary/aromatic N) is 2. The summed E-state index contributed by atoms with van der Waals surface area (Å²) < 4.78 is 4.98. The largest absolute Gasteiger partial charge is 0.504 e. The first kappa shape index (κ1) is 12.0. The second-order valence-electron chi connectivity index (χ2n) is 3.63. The van der Waals surface area contributed by atoms with E-state index in [0.29, 0.717) is 22.9 Å². The molecule has 2 rings (SSSR count). The van der Waals surface area contributed by atoms with Crippen molar-refractivity contribution in [3.05, 3.63) is 24.4 Å². The van der Waals surface area contributed by atoms with Crippen molar-refractivity contribution in [3.8, 4) is 22.9 Å². The molecule has 1 aromatic heterocycles. The Balaban J connectivity index is 2.51. The SMILES string of the molecule is CNc1ccnc(-c2cc(N)c(OC)c(O)c2)n1. The topological polar surface area (TPSA) is 93.3 Å². The molecule has 0 saturated heterocycles. The lowest BCUT2D eigenvalue weighted by molar-refractivity contribution is 0.375. The summed E-state index contributed by atoms with van der Waals surface area (Å²) in [6, 6.07) is 4.92. The molecule has 0 fully saturated rings. The molecule has 0 amide bonds. The van der Waals surface area contributed by atoms with Crippen molar-refractivity contribution >= 4 is 11.5 Å². The molecular weight excluding hydrogens is 232 g/mol. The summed E-state index contributed by atoms with van der Waals surface area (Å²) in [5, 5.41) is 12.7. The van der Waals surface area contributed by atoms with Gasteiger partial charge in [-0.15, -0.1) is 0 Å². The average molecular weight is 246 g/mol. The summed E-state index contributed by atoms with van der Waals surface area (Å²) in [6.07, 6.45) is 1.63. The number of nitrogens with two attached hydrogens (primary N) is 1. The van der Waals surface area contributed by atoms with E-state index in [0.717, 1.165) is 0 Å². The molecule has 18 heavy (non-hydrogen) atoms. The lowest BCUT2D eigenvalue weighted by atomic mass is 10.1. The van der Waals surface area contributed by atoms with Crippen molar-refractivity contribution in [1.29, 1.82) is 0 Å². The zero-order valence-corrected chi connectivity index (χ0v) is 10.1. The molecule has 94 valence electrons. The smallest absolute Gasteiger partial charge is 0.183 e. The van der Waals surface area contributed by atoms with Gasteiger partial charge < -0.3 is 20.9 Å². The van der Waals surface area contributed by atoms with E-state index in [2.05, 4.69) is 15.3 Å². The van der Waals surface area contributed by atoms with Crippen molar-refractivity contribution in [1.82, 2.24) is 9.97 Å². The fourth-order valence-electron chi connectivity index (χ4n) is 1.62. The van der Waals surface area contributed by atoms with Crippen LogP contribution in [0.1, 0.15) is 0 Å². The number of nitrogens with one attached hydrogen (secondary N) is 1. The summed E-state index contributed by atoms with van der Waals surface area (Å²) >= 11 is 0. The van der Waals surface area contributed by atoms with Crippen LogP contribution in [0.4, 0.5) is 11.5 Å². The molecule has 0 aliphatic rings. The van der Waals surface area contributed by atoms with Crippen LogP contribution in [0.5, 0.6) is 11.5 Å². The summed E-state index contributed by atoms with van der Waals surface area (Å²) in [5.74, 6) is 1.38. The maximum absolute atomic E-state index is 9.78. The predicted octanol–water partition coefficient (Wildman–Crippen LogP) is 1.48. The van der Waals surface area contributed by atoms with Gasteiger partial charge in [-0.1, -0.05) is 0 Å². The van der Waals surface area contributed by atoms with E-state index >= 15 is 0 Å². The van der Waals surface area contributed by atoms with Gasteiger partial charge in [0, 0.05) is 18.8 Å². The van der Waals surface area contributed by atoms with Gasteiger partial charge in [-0.05, 0) is 18.2 Å². The quantitative estimate of drug-likeness (QED) is 0.710. The van der Waals surface area contributed by atoms with Crippen molar-refractivity contribution in [2.75, 3.05) is 25.2 Å². The Hall–Kier alpha value is -2.50. The molecule has 1 aromatic carbocycles. The van der Waals surface area contributed by atoms with E-state index in [1.54, 1.807) is 25.4 Å². The second kappa shape index (κ2) is 4.79. The van der Waals surface area contributed by atoms with Crippen LogP contribution in [0.15, 0.2) is 24.4 Å². The average Bonchev–Trinajstić information content (AvgIpc) is 2.38. The fraction of sp³-hybridized carbons (Fsp3) is 0.167. The Morgan fingerprint density at radius 3 is 2.78 bits per heavy atom. The minimum Gasteiger partial charge on any atom is -0.504 e. The molecule has 0 aliphatic heterocycles. The zero-order valence-electron chi connectivity index (χ0n) is 10.1. The van der Waals surface area contributed by atoms with E-state index in [4.69, 9.17) is 10.5 Å². The van der Waals surface area contributed by atoms with Crippen molar-refractivity contribution in [2.24, 2.45) is 0 Å². The van der Waals surface area contributed by atoms with Crippen LogP contribution in [-0.4, -0.2) is 29.2 Å². The van der Waals surface area contributed by atoms with Crippen LogP contribution in [0.2, 0.25) is 0 Å². The molecule has 6 nitrogen and oxygen atoms in total. The number of anilines is 2. The summed E-state index contributed by atoms with van der Waals surface area (Å²) in [4.78, 5) is 8.41. The first-order chi connectivity index (χ1) is 8.65. The standard InChI is InChI=1S/C12H14N4O2/c1-14-10-3-4-15-12(16-10)7-5-8(13)11(18-2)9(17)6-7/h3-6,17H,13H2,1-2H3,(H,14,15,16). The highest BCUT2D eigenvalue weighted by Gasteiger charge is 2.11. The van der Waals surface area contributed by atoms with E-state index in [1.807, 2.05) is 0 Å². The van der Waals surface area contributed by atoms with Crippen LogP contribution in [-0.2, 0) is 0 Å². The molecule has 4 N–H and O–H groups in total. The number of hydrogen-bond donors (Lipinski definition) is 3. The van der Waals surface area contributed by atoms with E-state index in [9.17, 15) is 5.11 Å². The third-order valence-corrected chi connectivity index (χ3v) is 2.47. The number of aromatic nitrogens is 2. The number of benzene rings is 1. The second-order valence-corrected chi connectivity index (χ2v) is 3.63. The molecular formula is C12H14N4O2. The van der Waals surface area contributed by atoms with Gasteiger partial charge in [0.25, 0.3) is 0 Å². The van der Waals surface area contributed by atoms with Crippen molar-refractivity contribution < 1.29 is 9.84 Å². The Labute approximate surface area is 104 Å². The molecule has 0 aliphatic carbocycles. The number of nitrogen functional groups attached to an aromatic ring is 1. The van der Waals surface area contributed by atoms with Gasteiger partial charge in [-0.25, -0.2) is 9.97 Å². The highest BCUT2D eigenvalue weighted by atomic mass is 16.5. The zero-order chi connectivity index (χ0) is 13.1. The van der Waals surface area contributed by atoms with Crippen molar-refractivity contribution in [3.63, 3.8) is 0 Å². The Morgan fingerprint density at radius 1 is 1.39 bits per heavy atom. The summed E-state index contributed by atoms with van der Waals surface area (Å²) in [5.41, 5.74) is 6.75. The monoisotopic (exact) mass is 246 g/mol. The Bertz CT molecular complexity index is 549. The van der Waals surface area contributed by atoms with Gasteiger partial charge in [0.05, 0.1) is 12.8 Å². The Morgan fingerprint density at radius 2 is 2.17 bits per heavy atom. The van der Waals surface area contributed by atoms with E-state index < -0.39 is 0 Å². The molecule has 0 spiro atoms. The van der Waals surface area contributed by atoms with E-state index in [-0.39, 0.29) is 11.5 Å². The minimum atomic E-state index is -0.0361. The normalized spacial score (nSPS) is 10.1. The van der Waals surface area contributed by atoms with Crippen LogP contribution in [0, 0.1) is 0 Å². The molecule has 0 saturated carbocycles. The number of ether oxygens (including phenoxy) is 1. The van der Waals surface area contributed by atoms with E-state index in [1.165, 1.54) is 13.2 Å². The highest BCUT2D eigenvalue weighted by Crippen LogP contribution is 2.36. The van der Waals surface area contributed by atoms with Gasteiger partial charge in [-0.3, -0.25) is 0 Å². The number of methoxy groups -OCH3 is 1. The molecule has 0 atom stereocenters. The number of aromatic hydroxyl groups is 1. The van der Waals surface area contributed by atoms with Crippen LogP contribution in [0.25, 0.3) is 11.4 Å². The molecule has 0 radical (unpaired) electrons. The molecule has 0 unspecified atom stereocenters. The van der Waals surface area contributed by atoms with Gasteiger partial charge in [-0.2, -0.15) is 0 Å². The molecule has 2 aromatic rings. The van der Waals surface area contributed by atoms with Crippen LogP contribution in [0.3, 0.4) is 0 Å². The lowest BCUT2D eigenvalue weighted by Crippen LogP contribution is -1.98. The van der Waals surface area contributed by atoms with Gasteiger partial charge in [0.2, 0.25) is 0 Å². The number of phenolic OH excluding ortho intramolecular Hbond substituents is 1. The van der Waals surface area contributed by atoms with Gasteiger partial charge in [0.1, 0.15) is 5.82 Å². The highest BCUT2D eigenvalue weighted by molar-refractivity contribution is 5.71. The number of rotatable bonds is 3. The van der Waals surface area contributed by atoms with Crippen LogP contribution >= 0.6 is 0 Å². The number of phenols is 1. The maximum Gasteiger partial charge on any atom is 0.183 e. The van der Waals surface area contributed by atoms with Gasteiger partial charge >= 0.3 is 0 Å². The lowest BCUT2D eigenvalue weighted by Gasteiger charge is -2.09. The summed E-state index contributed by atoms with van der Waals surface area (Å²) in [7, 11) is 3.22. The predicted molar refractivity (Wildman–Crippen MR) is 69.6 cm³/mol. The first-order valence-electron chi connectivity index (χ1n) is 5.33. The first-order valence-corrected chi connectivity index (χ1v) is 5.33. The third kappa shape index (κ3) is 2.13. The summed E-state index contributed by atoms with van der Waals surface area (Å²) in [6.45, 7) is 0. The Kier molecular flexibility index (Phi) is 3.18. The molecule has 0 bridgehead atoms. The van der Waals surface area contributed by atoms with Crippen molar-refractivity contribution in [2.45, 2.75) is 0 Å².